The average molecular weight is 719 g/mol. The molecule has 1 nitrogen and oxygen atoms in total. The molecule has 0 atom stereocenters. The molecule has 0 saturated heterocycles. The molecule has 0 N–H and O–H groups in total. The number of hydrogen-bond acceptors (Lipinski definition) is 1. The summed E-state index contributed by atoms with van der Waals surface area (Å²) in [6.45, 7) is 2.17. The van der Waals surface area contributed by atoms with E-state index in [1.54, 1.807) is 0 Å². The van der Waals surface area contributed by atoms with Gasteiger partial charge in [0.25, 0.3) is 0 Å². The molecule has 55 heavy (non-hydrogen) atoms. The SMILES string of the molecule is CCc1ccc2c(c1)c1ccccc1c1ccc(-c3cccc(-c4cc(-c5cccc(-c6ccc7c(c6)oc6ccccc67)c5)cc(C(F)(F)F)c4)c3)cc12. The van der Waals surface area contributed by atoms with E-state index < -0.39 is 11.7 Å². The number of para-hydroxylation sites is 1. The highest BCUT2D eigenvalue weighted by atomic mass is 19.4. The van der Waals surface area contributed by atoms with Crippen LogP contribution in [0.2, 0.25) is 0 Å². The molecule has 0 spiro atoms. The van der Waals surface area contributed by atoms with Gasteiger partial charge in [-0.2, -0.15) is 13.2 Å². The monoisotopic (exact) mass is 718 g/mol. The Morgan fingerprint density at radius 1 is 0.364 bits per heavy atom. The highest BCUT2D eigenvalue weighted by Crippen LogP contribution is 2.41. The number of halogens is 3. The quantitative estimate of drug-likeness (QED) is 0.162. The van der Waals surface area contributed by atoms with Crippen molar-refractivity contribution in [2.75, 3.05) is 0 Å². The second kappa shape index (κ2) is 12.7. The van der Waals surface area contributed by atoms with Crippen molar-refractivity contribution < 1.29 is 17.6 Å². The maximum absolute atomic E-state index is 14.5. The smallest absolute Gasteiger partial charge is 0.416 e. The van der Waals surface area contributed by atoms with Gasteiger partial charge < -0.3 is 4.42 Å². The Morgan fingerprint density at radius 3 is 1.47 bits per heavy atom. The van der Waals surface area contributed by atoms with Gasteiger partial charge in [-0.05, 0) is 143 Å². The van der Waals surface area contributed by atoms with E-state index in [2.05, 4.69) is 67.6 Å². The molecule has 1 heterocycles. The molecule has 0 radical (unpaired) electrons. The topological polar surface area (TPSA) is 13.1 Å². The lowest BCUT2D eigenvalue weighted by Crippen LogP contribution is -2.05. The molecule has 10 rings (SSSR count). The van der Waals surface area contributed by atoms with E-state index in [1.807, 2.05) is 97.1 Å². The molecule has 0 amide bonds. The highest BCUT2D eigenvalue weighted by molar-refractivity contribution is 6.26. The van der Waals surface area contributed by atoms with Crippen molar-refractivity contribution >= 4 is 54.3 Å². The van der Waals surface area contributed by atoms with Gasteiger partial charge in [-0.25, -0.2) is 0 Å². The van der Waals surface area contributed by atoms with Gasteiger partial charge in [0.15, 0.2) is 0 Å². The molecule has 0 fully saturated rings. The van der Waals surface area contributed by atoms with Crippen LogP contribution in [0, 0.1) is 0 Å². The molecule has 4 heteroatoms. The van der Waals surface area contributed by atoms with Crippen molar-refractivity contribution in [1.29, 1.82) is 0 Å². The number of aryl methyl sites for hydroxylation is 1. The Bertz CT molecular complexity index is 3130. The standard InChI is InChI=1S/C51H33F3O/c1-2-31-17-20-44-47(23-31)42-14-4-3-13-41(42)43-21-18-36(29-48(43)44)32-9-7-11-34(24-32)38-26-39(28-40(27-38)51(52,53)54)35-12-8-10-33(25-35)37-19-22-46-45-15-5-6-16-49(45)55-50(46)30-37/h3-30H,2H2,1H3. The van der Waals surface area contributed by atoms with E-state index in [0.717, 1.165) is 56.0 Å². The summed E-state index contributed by atoms with van der Waals surface area (Å²) in [6, 6.07) is 55.7. The Morgan fingerprint density at radius 2 is 0.818 bits per heavy atom. The van der Waals surface area contributed by atoms with E-state index in [1.165, 1.54) is 44.6 Å². The first-order valence-corrected chi connectivity index (χ1v) is 18.5. The molecular formula is C51H33F3O. The van der Waals surface area contributed by atoms with Crippen LogP contribution < -0.4 is 0 Å². The lowest BCUT2D eigenvalue weighted by molar-refractivity contribution is -0.137. The predicted octanol–water partition coefficient (Wildman–Crippen LogP) is 15.3. The Balaban J connectivity index is 1.07. The first-order chi connectivity index (χ1) is 26.8. The Hall–Kier alpha value is -6.65. The summed E-state index contributed by atoms with van der Waals surface area (Å²) in [4.78, 5) is 0. The summed E-state index contributed by atoms with van der Waals surface area (Å²) >= 11 is 0. The van der Waals surface area contributed by atoms with Crippen LogP contribution in [0.15, 0.2) is 174 Å². The lowest BCUT2D eigenvalue weighted by Gasteiger charge is -2.15. The molecule has 9 aromatic carbocycles. The van der Waals surface area contributed by atoms with Crippen LogP contribution in [-0.4, -0.2) is 0 Å². The zero-order valence-corrected chi connectivity index (χ0v) is 29.9. The second-order valence-electron chi connectivity index (χ2n) is 14.3. The van der Waals surface area contributed by atoms with Gasteiger partial charge >= 0.3 is 6.18 Å². The summed E-state index contributed by atoms with van der Waals surface area (Å²) < 4.78 is 49.7. The minimum atomic E-state index is -4.52. The molecule has 0 aliphatic heterocycles. The molecule has 0 saturated carbocycles. The van der Waals surface area contributed by atoms with E-state index in [9.17, 15) is 13.2 Å². The van der Waals surface area contributed by atoms with Crippen LogP contribution in [-0.2, 0) is 12.6 Å². The minimum Gasteiger partial charge on any atom is -0.456 e. The fraction of sp³-hybridized carbons (Fsp3) is 0.0588. The third-order valence-electron chi connectivity index (χ3n) is 11.0. The number of fused-ring (bicyclic) bond motifs is 9. The third kappa shape index (κ3) is 5.73. The number of benzene rings is 9. The lowest BCUT2D eigenvalue weighted by atomic mass is 9.90. The Labute approximate surface area is 315 Å². The molecule has 0 aliphatic rings. The number of hydrogen-bond donors (Lipinski definition) is 0. The summed E-state index contributed by atoms with van der Waals surface area (Å²) in [5.41, 5.74) is 8.37. The van der Waals surface area contributed by atoms with Crippen molar-refractivity contribution in [3.8, 4) is 44.5 Å². The molecule has 0 aliphatic carbocycles. The summed E-state index contributed by atoms with van der Waals surface area (Å²) in [6.07, 6.45) is -3.57. The van der Waals surface area contributed by atoms with Gasteiger partial charge in [-0.3, -0.25) is 0 Å². The largest absolute Gasteiger partial charge is 0.456 e. The predicted molar refractivity (Wildman–Crippen MR) is 222 cm³/mol. The third-order valence-corrected chi connectivity index (χ3v) is 11.0. The van der Waals surface area contributed by atoms with Crippen LogP contribution in [0.25, 0.3) is 98.8 Å². The van der Waals surface area contributed by atoms with Gasteiger partial charge in [0.2, 0.25) is 0 Å². The van der Waals surface area contributed by atoms with Crippen LogP contribution in [0.5, 0.6) is 0 Å². The van der Waals surface area contributed by atoms with E-state index >= 15 is 0 Å². The van der Waals surface area contributed by atoms with Gasteiger partial charge in [-0.15, -0.1) is 0 Å². The maximum Gasteiger partial charge on any atom is 0.416 e. The maximum atomic E-state index is 14.5. The summed E-state index contributed by atoms with van der Waals surface area (Å²) in [7, 11) is 0. The van der Waals surface area contributed by atoms with Gasteiger partial charge in [-0.1, -0.05) is 122 Å². The van der Waals surface area contributed by atoms with Gasteiger partial charge in [0, 0.05) is 10.8 Å². The molecule has 1 aromatic heterocycles. The Kier molecular flexibility index (Phi) is 7.64. The molecule has 10 aromatic rings. The fourth-order valence-electron chi connectivity index (χ4n) is 8.19. The van der Waals surface area contributed by atoms with Crippen molar-refractivity contribution in [3.05, 3.63) is 181 Å². The molecule has 0 unspecified atom stereocenters. The first kappa shape index (κ1) is 33.0. The van der Waals surface area contributed by atoms with Crippen molar-refractivity contribution in [2.24, 2.45) is 0 Å². The molecule has 264 valence electrons. The average Bonchev–Trinajstić information content (AvgIpc) is 3.61. The normalized spacial score (nSPS) is 12.1. The highest BCUT2D eigenvalue weighted by Gasteiger charge is 2.31. The number of furan rings is 1. The number of alkyl halides is 3. The second-order valence-corrected chi connectivity index (χ2v) is 14.3. The molecular weight excluding hydrogens is 686 g/mol. The van der Waals surface area contributed by atoms with E-state index in [-0.39, 0.29) is 0 Å². The molecule has 0 bridgehead atoms. The summed E-state index contributed by atoms with van der Waals surface area (Å²) in [5, 5.41) is 9.25. The van der Waals surface area contributed by atoms with E-state index in [0.29, 0.717) is 22.3 Å². The van der Waals surface area contributed by atoms with Crippen molar-refractivity contribution in [2.45, 2.75) is 19.5 Å². The van der Waals surface area contributed by atoms with E-state index in [4.69, 9.17) is 4.42 Å². The zero-order chi connectivity index (χ0) is 37.3. The minimum absolute atomic E-state index is 0.498. The fourth-order valence-corrected chi connectivity index (χ4v) is 8.19. The number of rotatable bonds is 5. The van der Waals surface area contributed by atoms with Crippen LogP contribution in [0.3, 0.4) is 0 Å². The van der Waals surface area contributed by atoms with Crippen LogP contribution >= 0.6 is 0 Å². The van der Waals surface area contributed by atoms with Gasteiger partial charge in [0.05, 0.1) is 5.56 Å². The van der Waals surface area contributed by atoms with Gasteiger partial charge in [0.1, 0.15) is 11.2 Å². The van der Waals surface area contributed by atoms with Crippen molar-refractivity contribution in [3.63, 3.8) is 0 Å². The van der Waals surface area contributed by atoms with Crippen LogP contribution in [0.4, 0.5) is 13.2 Å². The first-order valence-electron chi connectivity index (χ1n) is 18.5. The van der Waals surface area contributed by atoms with Crippen LogP contribution in [0.1, 0.15) is 18.1 Å². The summed E-state index contributed by atoms with van der Waals surface area (Å²) in [5.74, 6) is 0. The zero-order valence-electron chi connectivity index (χ0n) is 29.9. The van der Waals surface area contributed by atoms with Crippen molar-refractivity contribution in [1.82, 2.24) is 0 Å².